The fraction of sp³-hybridized carbons (Fsp3) is 0.967. The lowest BCUT2D eigenvalue weighted by molar-refractivity contribution is 0.512. The van der Waals surface area contributed by atoms with Gasteiger partial charge in [-0.1, -0.05) is 186 Å². The summed E-state index contributed by atoms with van der Waals surface area (Å²) in [6.07, 6.45) is 45.5. The van der Waals surface area contributed by atoms with Crippen LogP contribution in [0.3, 0.4) is 0 Å². The Balaban J connectivity index is 2.00. The Hall–Kier alpha value is 0. The quantitative estimate of drug-likeness (QED) is 0.366. The van der Waals surface area contributed by atoms with Crippen molar-refractivity contribution in [2.24, 2.45) is 0 Å². The normalized spacial score (nSPS) is 24.0. The molecule has 1 aliphatic rings. The van der Waals surface area contributed by atoms with Crippen molar-refractivity contribution in [3.8, 4) is 0 Å². The summed E-state index contributed by atoms with van der Waals surface area (Å²) in [6.45, 7) is 0. The zero-order valence-electron chi connectivity index (χ0n) is 21.1. The van der Waals surface area contributed by atoms with E-state index in [9.17, 15) is 0 Å². The highest BCUT2D eigenvalue weighted by molar-refractivity contribution is 4.64. The fourth-order valence-corrected chi connectivity index (χ4v) is 5.14. The van der Waals surface area contributed by atoms with E-state index in [4.69, 9.17) is 0 Å². The summed E-state index contributed by atoms with van der Waals surface area (Å²) < 4.78 is 0. The van der Waals surface area contributed by atoms with Crippen LogP contribution in [0.2, 0.25) is 0 Å². The van der Waals surface area contributed by atoms with Crippen molar-refractivity contribution in [1.29, 1.82) is 0 Å². The Morgan fingerprint density at radius 1 is 0.167 bits per heavy atom. The van der Waals surface area contributed by atoms with Gasteiger partial charge in [-0.15, -0.1) is 0 Å². The largest absolute Gasteiger partial charge is 0.0533 e. The van der Waals surface area contributed by atoms with E-state index in [1.165, 1.54) is 186 Å². The molecule has 0 nitrogen and oxygen atoms in total. The van der Waals surface area contributed by atoms with Crippen LogP contribution in [0, 0.1) is 6.42 Å². The van der Waals surface area contributed by atoms with Crippen molar-refractivity contribution < 1.29 is 0 Å². The topological polar surface area (TPSA) is 0 Å². The second-order valence-electron chi connectivity index (χ2n) is 10.4. The molecule has 1 rings (SSSR count). The number of hydrogen-bond donors (Lipinski definition) is 0. The zero-order chi connectivity index (χ0) is 21.2. The zero-order valence-corrected chi connectivity index (χ0v) is 21.1. The lowest BCUT2D eigenvalue weighted by Gasteiger charge is -2.05. The monoisotopic (exact) mass is 419 g/mol. The van der Waals surface area contributed by atoms with Crippen LogP contribution in [0.4, 0.5) is 0 Å². The summed E-state index contributed by atoms with van der Waals surface area (Å²) in [6, 6.07) is 0. The van der Waals surface area contributed by atoms with Gasteiger partial charge < -0.3 is 0 Å². The first kappa shape index (κ1) is 28.0. The molecular formula is C30H59. The SMILES string of the molecule is [CH]1CCCCCCCCCCCCCCCCCCCCCCCCCCCCC1. The van der Waals surface area contributed by atoms with Gasteiger partial charge in [0.15, 0.2) is 0 Å². The van der Waals surface area contributed by atoms with Gasteiger partial charge in [0.2, 0.25) is 0 Å². The van der Waals surface area contributed by atoms with E-state index in [1.54, 1.807) is 0 Å². The standard InChI is InChI=1S/C30H59/c1-2-4-6-8-10-12-14-16-18-20-22-24-26-28-30-29-27-25-23-21-19-17-15-13-11-9-7-5-3-1/h1H,2-30H2. The van der Waals surface area contributed by atoms with Crippen LogP contribution in [0.15, 0.2) is 0 Å². The molecule has 0 heteroatoms. The van der Waals surface area contributed by atoms with Crippen LogP contribution < -0.4 is 0 Å². The molecule has 30 heavy (non-hydrogen) atoms. The van der Waals surface area contributed by atoms with Gasteiger partial charge in [0.25, 0.3) is 0 Å². The van der Waals surface area contributed by atoms with Gasteiger partial charge in [-0.05, 0) is 6.42 Å². The van der Waals surface area contributed by atoms with E-state index >= 15 is 0 Å². The van der Waals surface area contributed by atoms with Crippen molar-refractivity contribution in [3.63, 3.8) is 0 Å². The second kappa shape index (κ2) is 25.3. The Morgan fingerprint density at radius 2 is 0.300 bits per heavy atom. The van der Waals surface area contributed by atoms with Crippen LogP contribution in [0.1, 0.15) is 186 Å². The van der Waals surface area contributed by atoms with Crippen molar-refractivity contribution in [2.45, 2.75) is 186 Å². The maximum absolute atomic E-state index is 2.58. The summed E-state index contributed by atoms with van der Waals surface area (Å²) in [5, 5.41) is 0. The van der Waals surface area contributed by atoms with Gasteiger partial charge in [0, 0.05) is 0 Å². The maximum atomic E-state index is 2.58. The minimum absolute atomic E-state index is 1.38. The summed E-state index contributed by atoms with van der Waals surface area (Å²) in [5.74, 6) is 0. The molecule has 0 aromatic rings. The molecule has 0 atom stereocenters. The van der Waals surface area contributed by atoms with E-state index < -0.39 is 0 Å². The molecule has 0 spiro atoms. The van der Waals surface area contributed by atoms with Gasteiger partial charge in [-0.2, -0.15) is 0 Å². The van der Waals surface area contributed by atoms with Crippen LogP contribution in [-0.4, -0.2) is 0 Å². The third-order valence-corrected chi connectivity index (χ3v) is 7.32. The van der Waals surface area contributed by atoms with Crippen molar-refractivity contribution in [3.05, 3.63) is 6.42 Å². The molecule has 0 aromatic carbocycles. The van der Waals surface area contributed by atoms with E-state index in [0.29, 0.717) is 0 Å². The Morgan fingerprint density at radius 3 is 0.467 bits per heavy atom. The molecule has 1 aliphatic carbocycles. The first-order chi connectivity index (χ1) is 15.0. The third kappa shape index (κ3) is 22.7. The minimum Gasteiger partial charge on any atom is -0.0533 e. The van der Waals surface area contributed by atoms with E-state index in [2.05, 4.69) is 6.42 Å². The summed E-state index contributed by atoms with van der Waals surface area (Å²) in [4.78, 5) is 0. The van der Waals surface area contributed by atoms with Gasteiger partial charge in [-0.25, -0.2) is 0 Å². The molecule has 1 saturated carbocycles. The molecule has 0 aliphatic heterocycles. The molecule has 0 heterocycles. The van der Waals surface area contributed by atoms with Gasteiger partial charge >= 0.3 is 0 Å². The van der Waals surface area contributed by atoms with E-state index in [-0.39, 0.29) is 0 Å². The van der Waals surface area contributed by atoms with Crippen molar-refractivity contribution >= 4 is 0 Å². The molecule has 0 N–H and O–H groups in total. The lowest BCUT2D eigenvalue weighted by Crippen LogP contribution is -1.86. The fourth-order valence-electron chi connectivity index (χ4n) is 5.14. The summed E-state index contributed by atoms with van der Waals surface area (Å²) in [7, 11) is 0. The van der Waals surface area contributed by atoms with Crippen LogP contribution in [-0.2, 0) is 0 Å². The van der Waals surface area contributed by atoms with Gasteiger partial charge in [0.05, 0.1) is 0 Å². The molecule has 0 unspecified atom stereocenters. The van der Waals surface area contributed by atoms with Crippen LogP contribution in [0.5, 0.6) is 0 Å². The highest BCUT2D eigenvalue weighted by Gasteiger charge is 1.97. The van der Waals surface area contributed by atoms with Gasteiger partial charge in [-0.3, -0.25) is 0 Å². The summed E-state index contributed by atoms with van der Waals surface area (Å²) >= 11 is 0. The average Bonchev–Trinajstić information content (AvgIpc) is 2.76. The molecule has 0 bridgehead atoms. The average molecular weight is 420 g/mol. The predicted molar refractivity (Wildman–Crippen MR) is 138 cm³/mol. The molecule has 179 valence electrons. The lowest BCUT2D eigenvalue weighted by atomic mass is 10.0. The molecule has 1 radical (unpaired) electrons. The molecule has 0 amide bonds. The first-order valence-electron chi connectivity index (χ1n) is 14.8. The highest BCUT2D eigenvalue weighted by Crippen LogP contribution is 2.17. The number of rotatable bonds is 0. The van der Waals surface area contributed by atoms with Crippen molar-refractivity contribution in [2.75, 3.05) is 0 Å². The molecular weight excluding hydrogens is 360 g/mol. The summed E-state index contributed by atoms with van der Waals surface area (Å²) in [5.41, 5.74) is 0. The Kier molecular flexibility index (Phi) is 23.6. The maximum Gasteiger partial charge on any atom is -0.0386 e. The van der Waals surface area contributed by atoms with E-state index in [0.717, 1.165) is 0 Å². The van der Waals surface area contributed by atoms with Crippen LogP contribution in [0.25, 0.3) is 0 Å². The smallest absolute Gasteiger partial charge is 0.0386 e. The van der Waals surface area contributed by atoms with E-state index in [1.807, 2.05) is 0 Å². The van der Waals surface area contributed by atoms with Crippen LogP contribution >= 0.6 is 0 Å². The first-order valence-corrected chi connectivity index (χ1v) is 14.8. The molecule has 0 aromatic heterocycles. The molecule has 0 saturated heterocycles. The molecule has 1 fully saturated rings. The second-order valence-corrected chi connectivity index (χ2v) is 10.4. The van der Waals surface area contributed by atoms with Gasteiger partial charge in [0.1, 0.15) is 0 Å². The minimum atomic E-state index is 1.38. The number of hydrogen-bond acceptors (Lipinski definition) is 0. The van der Waals surface area contributed by atoms with Crippen molar-refractivity contribution in [1.82, 2.24) is 0 Å². The Labute approximate surface area is 192 Å². The predicted octanol–water partition coefficient (Wildman–Crippen LogP) is 11.5. The third-order valence-electron chi connectivity index (χ3n) is 7.32. The Bertz CT molecular complexity index is 147. The highest BCUT2D eigenvalue weighted by atomic mass is 14.0.